The van der Waals surface area contributed by atoms with Gasteiger partial charge in [-0.2, -0.15) is 4.98 Å². The maximum Gasteiger partial charge on any atom is 0.362 e. The molecule has 0 fully saturated rings. The molecule has 0 unspecified atom stereocenters. The zero-order valence-electron chi connectivity index (χ0n) is 18.4. The Hall–Kier alpha value is -3.89. The number of hydrogen-bond donors (Lipinski definition) is 1. The lowest BCUT2D eigenvalue weighted by Crippen LogP contribution is -2.38. The molecule has 3 heterocycles. The van der Waals surface area contributed by atoms with Crippen LogP contribution in [0.2, 0.25) is 10.0 Å². The van der Waals surface area contributed by atoms with Gasteiger partial charge >= 0.3 is 11.6 Å². The Bertz CT molecular complexity index is 1680. The van der Waals surface area contributed by atoms with Gasteiger partial charge in [0, 0.05) is 16.1 Å². The highest BCUT2D eigenvalue weighted by Gasteiger charge is 2.41. The molecule has 2 aromatic heterocycles. The predicted molar refractivity (Wildman–Crippen MR) is 126 cm³/mol. The minimum Gasteiger partial charge on any atom is -0.462 e. The number of aromatic nitrogens is 2. The summed E-state index contributed by atoms with van der Waals surface area (Å²) in [6.45, 7) is 1.53. The number of hydrogen-bond acceptors (Lipinski definition) is 7. The number of halogens is 4. The lowest BCUT2D eigenvalue weighted by Gasteiger charge is -2.23. The van der Waals surface area contributed by atoms with E-state index in [1.54, 1.807) is 6.92 Å². The fourth-order valence-electron chi connectivity index (χ4n) is 4.10. The van der Waals surface area contributed by atoms with Crippen molar-refractivity contribution in [3.8, 4) is 5.88 Å². The zero-order valence-corrected chi connectivity index (χ0v) is 19.9. The minimum atomic E-state index is -1.30. The summed E-state index contributed by atoms with van der Waals surface area (Å²) in [5.74, 6) is -3.84. The molecule has 4 aromatic rings. The molecular formula is C24H15Cl2F2N3O5. The van der Waals surface area contributed by atoms with Crippen LogP contribution in [0.25, 0.3) is 17.5 Å². The largest absolute Gasteiger partial charge is 0.462 e. The van der Waals surface area contributed by atoms with Crippen LogP contribution in [0.15, 0.2) is 50.0 Å². The number of carbonyl (C=O) groups excluding carboxylic acids is 1. The van der Waals surface area contributed by atoms with Crippen molar-refractivity contribution in [1.29, 1.82) is 0 Å². The van der Waals surface area contributed by atoms with Gasteiger partial charge in [0.25, 0.3) is 6.01 Å². The Labute approximate surface area is 210 Å². The zero-order chi connectivity index (χ0) is 25.7. The Morgan fingerprint density at radius 3 is 2.53 bits per heavy atom. The fourth-order valence-corrected chi connectivity index (χ4v) is 4.59. The summed E-state index contributed by atoms with van der Waals surface area (Å²) < 4.78 is 46.9. The first-order chi connectivity index (χ1) is 17.2. The van der Waals surface area contributed by atoms with Gasteiger partial charge < -0.3 is 19.3 Å². The molecule has 2 N–H and O–H groups in total. The third-order valence-electron chi connectivity index (χ3n) is 5.55. The van der Waals surface area contributed by atoms with E-state index < -0.39 is 29.1 Å². The van der Waals surface area contributed by atoms with Gasteiger partial charge in [0.15, 0.2) is 0 Å². The number of nitrogen functional groups attached to an aromatic ring is 1. The minimum absolute atomic E-state index is 0.0173. The monoisotopic (exact) mass is 533 g/mol. The van der Waals surface area contributed by atoms with Crippen LogP contribution in [0.5, 0.6) is 0 Å². The second-order valence-corrected chi connectivity index (χ2v) is 8.45. The van der Waals surface area contributed by atoms with Crippen LogP contribution in [0.1, 0.15) is 29.7 Å². The number of rotatable bonds is 4. The van der Waals surface area contributed by atoms with Crippen molar-refractivity contribution < 1.29 is 27.1 Å². The fraction of sp³-hybridized carbons (Fsp3) is 0.125. The van der Waals surface area contributed by atoms with Gasteiger partial charge in [0.1, 0.15) is 28.3 Å². The molecule has 1 aliphatic rings. The molecule has 0 spiro atoms. The van der Waals surface area contributed by atoms with E-state index >= 15 is 4.39 Å². The van der Waals surface area contributed by atoms with E-state index in [4.69, 9.17) is 42.5 Å². The number of carbonyl (C=O) groups is 1. The van der Waals surface area contributed by atoms with E-state index in [0.29, 0.717) is 0 Å². The number of fused-ring (bicyclic) bond motifs is 3. The first-order valence-corrected chi connectivity index (χ1v) is 11.3. The predicted octanol–water partition coefficient (Wildman–Crippen LogP) is 3.27. The highest BCUT2D eigenvalue weighted by atomic mass is 35.5. The standard InChI is InChI=1S/C24H15Cl2F2N3O5/c1-2-34-23(33)18-17(16-12(26)6-4-8-14(16)28)19-21(36-24(29)30-19)31-15(22(32)35-20(18)31)9-10-11(25)5-3-7-13(10)27/h3-9,17H,2H2,1H3,(H2,29,30)/b15-9+/t17-/m1/s1. The normalized spacial score (nSPS) is 15.1. The van der Waals surface area contributed by atoms with Crippen molar-refractivity contribution in [3.05, 3.63) is 96.2 Å². The van der Waals surface area contributed by atoms with Crippen molar-refractivity contribution >= 4 is 46.8 Å². The van der Waals surface area contributed by atoms with E-state index in [-0.39, 0.29) is 61.8 Å². The van der Waals surface area contributed by atoms with Crippen molar-refractivity contribution in [1.82, 2.24) is 9.55 Å². The van der Waals surface area contributed by atoms with E-state index in [9.17, 15) is 14.0 Å². The number of ether oxygens (including phenoxy) is 1. The molecule has 0 aliphatic carbocycles. The Kier molecular flexibility index (Phi) is 5.93. The summed E-state index contributed by atoms with van der Waals surface area (Å²) in [6, 6.07) is 7.61. The number of oxazole rings is 2. The van der Waals surface area contributed by atoms with E-state index in [1.807, 2.05) is 0 Å². The molecule has 5 rings (SSSR count). The number of nitrogens with two attached hydrogens (primary N) is 1. The molecule has 8 nitrogen and oxygen atoms in total. The van der Waals surface area contributed by atoms with Crippen LogP contribution < -0.4 is 22.3 Å². The smallest absolute Gasteiger partial charge is 0.362 e. The van der Waals surface area contributed by atoms with E-state index in [1.165, 1.54) is 24.3 Å². The molecule has 36 heavy (non-hydrogen) atoms. The second-order valence-electron chi connectivity index (χ2n) is 7.64. The molecule has 184 valence electrons. The Morgan fingerprint density at radius 1 is 1.17 bits per heavy atom. The maximum atomic E-state index is 15.1. The maximum absolute atomic E-state index is 15.1. The molecule has 12 heteroatoms. The second kappa shape index (κ2) is 8.96. The number of esters is 1. The van der Waals surface area contributed by atoms with Crippen LogP contribution in [0, 0.1) is 11.6 Å². The molecule has 0 saturated heterocycles. The number of benzene rings is 2. The summed E-state index contributed by atoms with van der Waals surface area (Å²) in [7, 11) is 0. The Balaban J connectivity index is 1.97. The third kappa shape index (κ3) is 3.69. The van der Waals surface area contributed by atoms with Gasteiger partial charge in [-0.3, -0.25) is 0 Å². The molecule has 0 amide bonds. The van der Waals surface area contributed by atoms with Crippen LogP contribution in [-0.2, 0) is 9.53 Å². The van der Waals surface area contributed by atoms with Gasteiger partial charge in [-0.05, 0) is 37.3 Å². The van der Waals surface area contributed by atoms with E-state index in [2.05, 4.69) is 4.98 Å². The molecule has 1 aliphatic heterocycles. The Morgan fingerprint density at radius 2 is 1.86 bits per heavy atom. The van der Waals surface area contributed by atoms with Gasteiger partial charge in [-0.15, -0.1) is 0 Å². The number of nitrogens with zero attached hydrogens (tertiary/aromatic N) is 2. The first kappa shape index (κ1) is 23.8. The van der Waals surface area contributed by atoms with Crippen molar-refractivity contribution in [2.45, 2.75) is 12.8 Å². The average molecular weight is 534 g/mol. The van der Waals surface area contributed by atoms with Crippen LogP contribution in [0.3, 0.4) is 0 Å². The van der Waals surface area contributed by atoms with Gasteiger partial charge in [0.2, 0.25) is 11.4 Å². The first-order valence-electron chi connectivity index (χ1n) is 10.5. The summed E-state index contributed by atoms with van der Waals surface area (Å²) in [5.41, 5.74) is 3.97. The van der Waals surface area contributed by atoms with Crippen LogP contribution >= 0.6 is 23.2 Å². The quantitative estimate of drug-likeness (QED) is 0.400. The summed E-state index contributed by atoms with van der Waals surface area (Å²) in [4.78, 5) is 30.4. The topological polar surface area (TPSA) is 113 Å². The van der Waals surface area contributed by atoms with Crippen LogP contribution in [-0.4, -0.2) is 22.1 Å². The molecule has 1 atom stereocenters. The van der Waals surface area contributed by atoms with Crippen LogP contribution in [0.4, 0.5) is 14.8 Å². The van der Waals surface area contributed by atoms with Crippen molar-refractivity contribution in [3.63, 3.8) is 0 Å². The lowest BCUT2D eigenvalue weighted by molar-refractivity contribution is -0.136. The molecule has 0 bridgehead atoms. The molecule has 2 aromatic carbocycles. The van der Waals surface area contributed by atoms with Gasteiger partial charge in [-0.25, -0.2) is 22.9 Å². The summed E-state index contributed by atoms with van der Waals surface area (Å²) in [5, 5.41) is -0.264. The van der Waals surface area contributed by atoms with Crippen molar-refractivity contribution in [2.75, 3.05) is 12.3 Å². The van der Waals surface area contributed by atoms with E-state index in [0.717, 1.165) is 22.8 Å². The third-order valence-corrected chi connectivity index (χ3v) is 6.21. The molecule has 0 saturated carbocycles. The van der Waals surface area contributed by atoms with Gasteiger partial charge in [0.05, 0.1) is 17.5 Å². The van der Waals surface area contributed by atoms with Gasteiger partial charge in [-0.1, -0.05) is 35.3 Å². The molecular weight excluding hydrogens is 519 g/mol. The molecule has 0 radical (unpaired) electrons. The highest BCUT2D eigenvalue weighted by molar-refractivity contribution is 6.32. The number of anilines is 1. The SMILES string of the molecule is CCOC(=O)C1=c2oc(=O)/c(=C\c3c(F)cccc3Cl)n2-c2oc(N)nc2[C@@H]1c1c(F)cccc1Cl. The average Bonchev–Trinajstić information content (AvgIpc) is 3.35. The highest BCUT2D eigenvalue weighted by Crippen LogP contribution is 2.42. The summed E-state index contributed by atoms with van der Waals surface area (Å²) >= 11 is 12.5. The lowest BCUT2D eigenvalue weighted by atomic mass is 9.86. The van der Waals surface area contributed by atoms with Crippen molar-refractivity contribution in [2.24, 2.45) is 0 Å². The summed E-state index contributed by atoms with van der Waals surface area (Å²) in [6.07, 6.45) is 1.13.